The average Bonchev–Trinajstić information content (AvgIpc) is 2.28. The molecule has 4 nitrogen and oxygen atoms in total. The number of hydrogen-bond donors (Lipinski definition) is 1. The molecule has 2 rings (SSSR count). The van der Waals surface area contributed by atoms with Gasteiger partial charge >= 0.3 is 0 Å². The third-order valence-corrected chi connectivity index (χ3v) is 4.87. The first kappa shape index (κ1) is 13.5. The van der Waals surface area contributed by atoms with E-state index in [-0.39, 0.29) is 12.1 Å². The molecule has 1 aromatic carbocycles. The number of aryl methyl sites for hydroxylation is 1. The van der Waals surface area contributed by atoms with Gasteiger partial charge in [0.25, 0.3) is 0 Å². The minimum atomic E-state index is -3.42. The highest BCUT2D eigenvalue weighted by Crippen LogP contribution is 2.18. The summed E-state index contributed by atoms with van der Waals surface area (Å²) >= 11 is 0. The van der Waals surface area contributed by atoms with E-state index in [9.17, 15) is 8.42 Å². The second-order valence-electron chi connectivity index (χ2n) is 4.79. The lowest BCUT2D eigenvalue weighted by Gasteiger charge is -2.27. The predicted molar refractivity (Wildman–Crippen MR) is 69.9 cm³/mol. The van der Waals surface area contributed by atoms with Crippen LogP contribution in [0.1, 0.15) is 25.3 Å². The predicted octanol–water partition coefficient (Wildman–Crippen LogP) is 1.84. The summed E-state index contributed by atoms with van der Waals surface area (Å²) in [6.45, 7) is 4.39. The molecule has 0 aromatic heterocycles. The van der Waals surface area contributed by atoms with E-state index in [1.54, 1.807) is 25.1 Å². The molecule has 1 N–H and O–H groups in total. The molecule has 0 spiro atoms. The van der Waals surface area contributed by atoms with Crippen LogP contribution < -0.4 is 4.72 Å². The lowest BCUT2D eigenvalue weighted by atomic mass is 10.1. The van der Waals surface area contributed by atoms with Gasteiger partial charge in [0, 0.05) is 12.6 Å². The van der Waals surface area contributed by atoms with Gasteiger partial charge in [-0.25, -0.2) is 13.1 Å². The summed E-state index contributed by atoms with van der Waals surface area (Å²) in [4.78, 5) is 0.365. The van der Waals surface area contributed by atoms with Crippen molar-refractivity contribution < 1.29 is 13.2 Å². The van der Waals surface area contributed by atoms with Crippen molar-refractivity contribution in [3.63, 3.8) is 0 Å². The van der Waals surface area contributed by atoms with Gasteiger partial charge in [-0.2, -0.15) is 0 Å². The summed E-state index contributed by atoms with van der Waals surface area (Å²) in [6, 6.07) is 7.00. The molecule has 2 atom stereocenters. The zero-order valence-corrected chi connectivity index (χ0v) is 11.5. The molecule has 1 aliphatic heterocycles. The number of sulfonamides is 1. The molecular weight excluding hydrogens is 250 g/mol. The van der Waals surface area contributed by atoms with Gasteiger partial charge in [0.05, 0.1) is 11.0 Å². The number of nitrogens with one attached hydrogen (secondary N) is 1. The highest BCUT2D eigenvalue weighted by molar-refractivity contribution is 7.89. The van der Waals surface area contributed by atoms with Crippen LogP contribution >= 0.6 is 0 Å². The molecule has 0 amide bonds. The second-order valence-corrected chi connectivity index (χ2v) is 6.47. The Hall–Kier alpha value is -0.910. The highest BCUT2D eigenvalue weighted by atomic mass is 32.2. The lowest BCUT2D eigenvalue weighted by Crippen LogP contribution is -2.41. The Morgan fingerprint density at radius 3 is 2.72 bits per heavy atom. The van der Waals surface area contributed by atoms with Crippen LogP contribution in [-0.2, 0) is 14.8 Å². The Balaban J connectivity index is 2.15. The summed E-state index contributed by atoms with van der Waals surface area (Å²) in [5, 5.41) is 0. The Morgan fingerprint density at radius 1 is 1.33 bits per heavy atom. The maximum Gasteiger partial charge on any atom is 0.241 e. The topological polar surface area (TPSA) is 55.4 Å². The van der Waals surface area contributed by atoms with Gasteiger partial charge in [-0.3, -0.25) is 0 Å². The van der Waals surface area contributed by atoms with Crippen LogP contribution in [0.15, 0.2) is 29.2 Å². The third-order valence-electron chi connectivity index (χ3n) is 3.19. The molecule has 1 aromatic rings. The van der Waals surface area contributed by atoms with Crippen molar-refractivity contribution >= 4 is 10.0 Å². The summed E-state index contributed by atoms with van der Waals surface area (Å²) in [7, 11) is -3.42. The zero-order chi connectivity index (χ0) is 13.2. The molecular formula is C13H19NO3S. The van der Waals surface area contributed by atoms with Gasteiger partial charge in [-0.15, -0.1) is 0 Å². The van der Waals surface area contributed by atoms with Gasteiger partial charge < -0.3 is 4.74 Å². The van der Waals surface area contributed by atoms with Crippen LogP contribution in [0, 0.1) is 6.92 Å². The summed E-state index contributed by atoms with van der Waals surface area (Å²) in [5.41, 5.74) is 0.769. The normalized spacial score (nSPS) is 25.0. The van der Waals surface area contributed by atoms with E-state index in [0.717, 1.165) is 18.4 Å². The van der Waals surface area contributed by atoms with E-state index in [4.69, 9.17) is 4.74 Å². The average molecular weight is 269 g/mol. The fourth-order valence-corrected chi connectivity index (χ4v) is 3.78. The summed E-state index contributed by atoms with van der Waals surface area (Å²) in [5.74, 6) is 0. The first-order chi connectivity index (χ1) is 8.49. The van der Waals surface area contributed by atoms with Crippen molar-refractivity contribution in [2.75, 3.05) is 6.61 Å². The molecule has 0 bridgehead atoms. The fraction of sp³-hybridized carbons (Fsp3) is 0.538. The van der Waals surface area contributed by atoms with Crippen LogP contribution in [0.5, 0.6) is 0 Å². The first-order valence-corrected chi connectivity index (χ1v) is 7.67. The molecule has 0 radical (unpaired) electrons. The second kappa shape index (κ2) is 5.38. The number of hydrogen-bond acceptors (Lipinski definition) is 3. The Kier molecular flexibility index (Phi) is 4.04. The Bertz CT molecular complexity index is 513. The standard InChI is InChI=1S/C13H19NO3S/c1-10-5-3-4-6-13(10)18(15,16)14-12-7-8-17-11(2)9-12/h3-6,11-12,14H,7-9H2,1-2H3. The van der Waals surface area contributed by atoms with Crippen LogP contribution in [0.4, 0.5) is 0 Å². The van der Waals surface area contributed by atoms with Gasteiger partial charge in [-0.1, -0.05) is 18.2 Å². The van der Waals surface area contributed by atoms with Gasteiger partial charge in [0.15, 0.2) is 0 Å². The monoisotopic (exact) mass is 269 g/mol. The molecule has 18 heavy (non-hydrogen) atoms. The maximum absolute atomic E-state index is 12.3. The summed E-state index contributed by atoms with van der Waals surface area (Å²) < 4.78 is 32.7. The van der Waals surface area contributed by atoms with Crippen molar-refractivity contribution in [2.45, 2.75) is 43.7 Å². The Labute approximate surface area is 108 Å². The largest absolute Gasteiger partial charge is 0.378 e. The molecule has 1 aliphatic rings. The minimum absolute atomic E-state index is 0.0293. The van der Waals surface area contributed by atoms with E-state index in [2.05, 4.69) is 4.72 Å². The van der Waals surface area contributed by atoms with E-state index in [1.807, 2.05) is 13.0 Å². The molecule has 5 heteroatoms. The molecule has 0 saturated carbocycles. The molecule has 0 aliphatic carbocycles. The van der Waals surface area contributed by atoms with Gasteiger partial charge in [-0.05, 0) is 38.3 Å². The zero-order valence-electron chi connectivity index (χ0n) is 10.7. The van der Waals surface area contributed by atoms with Crippen molar-refractivity contribution in [2.24, 2.45) is 0 Å². The molecule has 1 heterocycles. The number of rotatable bonds is 3. The third kappa shape index (κ3) is 3.10. The van der Waals surface area contributed by atoms with Crippen molar-refractivity contribution in [3.05, 3.63) is 29.8 Å². The van der Waals surface area contributed by atoms with E-state index < -0.39 is 10.0 Å². The van der Waals surface area contributed by atoms with Crippen LogP contribution in [-0.4, -0.2) is 27.2 Å². The van der Waals surface area contributed by atoms with E-state index in [1.165, 1.54) is 0 Å². The van der Waals surface area contributed by atoms with E-state index >= 15 is 0 Å². The molecule has 100 valence electrons. The Morgan fingerprint density at radius 2 is 2.06 bits per heavy atom. The van der Waals surface area contributed by atoms with Crippen molar-refractivity contribution in [1.82, 2.24) is 4.72 Å². The number of benzene rings is 1. The van der Waals surface area contributed by atoms with Crippen molar-refractivity contribution in [3.8, 4) is 0 Å². The lowest BCUT2D eigenvalue weighted by molar-refractivity contribution is 0.0173. The first-order valence-electron chi connectivity index (χ1n) is 6.18. The fourth-order valence-electron chi connectivity index (χ4n) is 2.25. The summed E-state index contributed by atoms with van der Waals surface area (Å²) in [6.07, 6.45) is 1.57. The van der Waals surface area contributed by atoms with Gasteiger partial charge in [0.1, 0.15) is 0 Å². The van der Waals surface area contributed by atoms with Gasteiger partial charge in [0.2, 0.25) is 10.0 Å². The molecule has 2 unspecified atom stereocenters. The smallest absolute Gasteiger partial charge is 0.241 e. The number of ether oxygens (including phenoxy) is 1. The van der Waals surface area contributed by atoms with Crippen LogP contribution in [0.25, 0.3) is 0 Å². The maximum atomic E-state index is 12.3. The minimum Gasteiger partial charge on any atom is -0.378 e. The van der Waals surface area contributed by atoms with E-state index in [0.29, 0.717) is 11.5 Å². The highest BCUT2D eigenvalue weighted by Gasteiger charge is 2.25. The van der Waals surface area contributed by atoms with Crippen LogP contribution in [0.3, 0.4) is 0 Å². The molecule has 1 fully saturated rings. The SMILES string of the molecule is Cc1ccccc1S(=O)(=O)NC1CCOC(C)C1. The quantitative estimate of drug-likeness (QED) is 0.911. The van der Waals surface area contributed by atoms with Crippen molar-refractivity contribution in [1.29, 1.82) is 0 Å². The molecule has 1 saturated heterocycles. The van der Waals surface area contributed by atoms with Crippen LogP contribution in [0.2, 0.25) is 0 Å².